The van der Waals surface area contributed by atoms with Crippen LogP contribution in [0.4, 0.5) is 0 Å². The second kappa shape index (κ2) is 13.3. The van der Waals surface area contributed by atoms with E-state index >= 15 is 0 Å². The fourth-order valence-electron chi connectivity index (χ4n) is 3.55. The normalized spacial score (nSPS) is 18.3. The molecule has 6 heteroatoms. The lowest BCUT2D eigenvalue weighted by atomic mass is 10.0. The zero-order valence-electron chi connectivity index (χ0n) is 16.6. The summed E-state index contributed by atoms with van der Waals surface area (Å²) in [6.07, 6.45) is 10.1. The molecule has 1 fully saturated rings. The van der Waals surface area contributed by atoms with Crippen LogP contribution in [0.3, 0.4) is 0 Å². The predicted molar refractivity (Wildman–Crippen MR) is 122 cm³/mol. The molecule has 2 rings (SSSR count). The Morgan fingerprint density at radius 2 is 2.15 bits per heavy atom. The molecule has 0 saturated carbocycles. The van der Waals surface area contributed by atoms with Gasteiger partial charge in [-0.2, -0.15) is 0 Å². The van der Waals surface area contributed by atoms with Gasteiger partial charge >= 0.3 is 0 Å². The molecular formula is C20H36IN5. The van der Waals surface area contributed by atoms with Crippen molar-refractivity contribution >= 4 is 29.9 Å². The van der Waals surface area contributed by atoms with E-state index < -0.39 is 0 Å². The minimum absolute atomic E-state index is 0. The number of halogens is 1. The van der Waals surface area contributed by atoms with Crippen molar-refractivity contribution in [3.8, 4) is 0 Å². The number of hydrogen-bond donors (Lipinski definition) is 2. The molecule has 1 aromatic heterocycles. The van der Waals surface area contributed by atoms with Crippen LogP contribution < -0.4 is 10.6 Å². The Morgan fingerprint density at radius 1 is 1.31 bits per heavy atom. The van der Waals surface area contributed by atoms with Gasteiger partial charge in [0.15, 0.2) is 5.96 Å². The third kappa shape index (κ3) is 7.78. The van der Waals surface area contributed by atoms with Crippen LogP contribution in [0.1, 0.15) is 50.7 Å². The van der Waals surface area contributed by atoms with Crippen LogP contribution in [0.25, 0.3) is 0 Å². The van der Waals surface area contributed by atoms with Crippen LogP contribution in [0.5, 0.6) is 0 Å². The molecule has 1 saturated heterocycles. The number of pyridine rings is 1. The summed E-state index contributed by atoms with van der Waals surface area (Å²) in [5, 5.41) is 6.81. The molecule has 0 aromatic carbocycles. The highest BCUT2D eigenvalue weighted by Gasteiger charge is 2.19. The van der Waals surface area contributed by atoms with Gasteiger partial charge in [0.1, 0.15) is 0 Å². The summed E-state index contributed by atoms with van der Waals surface area (Å²) in [4.78, 5) is 11.5. The van der Waals surface area contributed by atoms with Crippen LogP contribution in [-0.2, 0) is 6.42 Å². The minimum Gasteiger partial charge on any atom is -0.357 e. The van der Waals surface area contributed by atoms with Crippen LogP contribution in [0.15, 0.2) is 23.5 Å². The maximum absolute atomic E-state index is 4.77. The summed E-state index contributed by atoms with van der Waals surface area (Å²) < 4.78 is 0. The van der Waals surface area contributed by atoms with Gasteiger partial charge in [-0.3, -0.25) is 14.9 Å². The van der Waals surface area contributed by atoms with E-state index in [0.29, 0.717) is 0 Å². The molecule has 1 aromatic rings. The van der Waals surface area contributed by atoms with Crippen molar-refractivity contribution in [3.63, 3.8) is 0 Å². The number of aryl methyl sites for hydroxylation is 1. The first-order valence-corrected chi connectivity index (χ1v) is 9.90. The van der Waals surface area contributed by atoms with Crippen molar-refractivity contribution in [3.05, 3.63) is 29.6 Å². The van der Waals surface area contributed by atoms with E-state index in [2.05, 4.69) is 47.4 Å². The number of guanidine groups is 1. The molecule has 26 heavy (non-hydrogen) atoms. The van der Waals surface area contributed by atoms with Crippen molar-refractivity contribution in [2.45, 2.75) is 58.9 Å². The van der Waals surface area contributed by atoms with Crippen LogP contribution in [-0.4, -0.2) is 54.6 Å². The molecule has 0 radical (unpaired) electrons. The zero-order chi connectivity index (χ0) is 17.9. The average molecular weight is 473 g/mol. The van der Waals surface area contributed by atoms with E-state index in [1.165, 1.54) is 43.4 Å². The standard InChI is InChI=1S/C20H35N5.HI/c1-4-19-8-6-7-14-25(19)15-13-24-20(22-5-2)23-12-10-18-9-11-21-16-17(18)3;/h9,11,16,19H,4-8,10,12-15H2,1-3H3,(H2,22,23,24);1H. The van der Waals surface area contributed by atoms with Gasteiger partial charge in [0, 0.05) is 38.1 Å². The monoisotopic (exact) mass is 473 g/mol. The van der Waals surface area contributed by atoms with Crippen molar-refractivity contribution in [1.82, 2.24) is 20.5 Å². The summed E-state index contributed by atoms with van der Waals surface area (Å²) in [5.74, 6) is 0.930. The number of piperidine rings is 1. The van der Waals surface area contributed by atoms with Crippen molar-refractivity contribution in [1.29, 1.82) is 0 Å². The third-order valence-electron chi connectivity index (χ3n) is 5.04. The van der Waals surface area contributed by atoms with Crippen LogP contribution >= 0.6 is 24.0 Å². The Balaban J connectivity index is 0.00000338. The SMILES string of the molecule is CCNC(=NCCN1CCCCC1CC)NCCc1ccncc1C.I. The largest absolute Gasteiger partial charge is 0.357 e. The number of rotatable bonds is 8. The molecule has 1 unspecified atom stereocenters. The molecule has 2 heterocycles. The van der Waals surface area contributed by atoms with E-state index in [0.717, 1.165) is 44.6 Å². The number of aromatic nitrogens is 1. The minimum atomic E-state index is 0. The van der Waals surface area contributed by atoms with Gasteiger partial charge in [-0.1, -0.05) is 13.3 Å². The molecule has 148 valence electrons. The van der Waals surface area contributed by atoms with Gasteiger partial charge in [-0.15, -0.1) is 24.0 Å². The van der Waals surface area contributed by atoms with E-state index in [-0.39, 0.29) is 24.0 Å². The van der Waals surface area contributed by atoms with Gasteiger partial charge in [0.2, 0.25) is 0 Å². The number of likely N-dealkylation sites (tertiary alicyclic amines) is 1. The number of aliphatic imine (C=N–C) groups is 1. The Kier molecular flexibility index (Phi) is 11.8. The number of nitrogens with one attached hydrogen (secondary N) is 2. The maximum atomic E-state index is 4.77. The van der Waals surface area contributed by atoms with Gasteiger partial charge in [0.25, 0.3) is 0 Å². The van der Waals surface area contributed by atoms with E-state index in [1.54, 1.807) is 0 Å². The van der Waals surface area contributed by atoms with Crippen molar-refractivity contribution in [2.24, 2.45) is 4.99 Å². The predicted octanol–water partition coefficient (Wildman–Crippen LogP) is 3.37. The quantitative estimate of drug-likeness (QED) is 0.346. The Labute approximate surface area is 176 Å². The van der Waals surface area contributed by atoms with Gasteiger partial charge < -0.3 is 10.6 Å². The highest BCUT2D eigenvalue weighted by Crippen LogP contribution is 2.18. The molecule has 0 aliphatic carbocycles. The first kappa shape index (κ1) is 23.1. The summed E-state index contributed by atoms with van der Waals surface area (Å²) >= 11 is 0. The molecule has 0 spiro atoms. The van der Waals surface area contributed by atoms with Gasteiger partial charge in [-0.05, 0) is 63.3 Å². The topological polar surface area (TPSA) is 52.6 Å². The molecule has 2 N–H and O–H groups in total. The Bertz CT molecular complexity index is 535. The van der Waals surface area contributed by atoms with Crippen LogP contribution in [0, 0.1) is 6.92 Å². The lowest BCUT2D eigenvalue weighted by Gasteiger charge is -2.34. The number of nitrogens with zero attached hydrogens (tertiary/aromatic N) is 3. The van der Waals surface area contributed by atoms with Crippen LogP contribution in [0.2, 0.25) is 0 Å². The van der Waals surface area contributed by atoms with E-state index in [9.17, 15) is 0 Å². The summed E-state index contributed by atoms with van der Waals surface area (Å²) in [5.41, 5.74) is 2.60. The average Bonchev–Trinajstić information content (AvgIpc) is 2.63. The summed E-state index contributed by atoms with van der Waals surface area (Å²) in [7, 11) is 0. The van der Waals surface area contributed by atoms with E-state index in [4.69, 9.17) is 4.99 Å². The third-order valence-corrected chi connectivity index (χ3v) is 5.04. The molecule has 0 bridgehead atoms. The molecule has 1 atom stereocenters. The fraction of sp³-hybridized carbons (Fsp3) is 0.700. The molecule has 0 amide bonds. The first-order chi connectivity index (χ1) is 12.2. The summed E-state index contributed by atoms with van der Waals surface area (Å²) in [6.45, 7) is 11.5. The maximum Gasteiger partial charge on any atom is 0.191 e. The lowest BCUT2D eigenvalue weighted by Crippen LogP contribution is -2.42. The smallest absolute Gasteiger partial charge is 0.191 e. The highest BCUT2D eigenvalue weighted by molar-refractivity contribution is 14.0. The molecule has 5 nitrogen and oxygen atoms in total. The second-order valence-corrected chi connectivity index (χ2v) is 6.83. The molecule has 1 aliphatic rings. The zero-order valence-corrected chi connectivity index (χ0v) is 19.0. The first-order valence-electron chi connectivity index (χ1n) is 9.90. The second-order valence-electron chi connectivity index (χ2n) is 6.83. The molecule has 1 aliphatic heterocycles. The Morgan fingerprint density at radius 3 is 2.88 bits per heavy atom. The van der Waals surface area contributed by atoms with Crippen molar-refractivity contribution < 1.29 is 0 Å². The highest BCUT2D eigenvalue weighted by atomic mass is 127. The molecular weight excluding hydrogens is 437 g/mol. The number of hydrogen-bond acceptors (Lipinski definition) is 3. The summed E-state index contributed by atoms with van der Waals surface area (Å²) in [6, 6.07) is 2.86. The van der Waals surface area contributed by atoms with Gasteiger partial charge in [-0.25, -0.2) is 0 Å². The van der Waals surface area contributed by atoms with Gasteiger partial charge in [0.05, 0.1) is 6.54 Å². The van der Waals surface area contributed by atoms with Crippen molar-refractivity contribution in [2.75, 3.05) is 32.7 Å². The van der Waals surface area contributed by atoms with E-state index in [1.807, 2.05) is 12.4 Å². The fourth-order valence-corrected chi connectivity index (χ4v) is 3.55. The lowest BCUT2D eigenvalue weighted by molar-refractivity contribution is 0.148. The Hall–Kier alpha value is -0.890.